The third kappa shape index (κ3) is 5.10. The van der Waals surface area contributed by atoms with Gasteiger partial charge in [-0.25, -0.2) is 0 Å². The molecule has 0 aliphatic rings. The van der Waals surface area contributed by atoms with Crippen molar-refractivity contribution in [3.63, 3.8) is 0 Å². The molecule has 0 amide bonds. The Bertz CT molecular complexity index is 1230. The molecular weight excluding hydrogens is 463 g/mol. The second-order valence-corrected chi connectivity index (χ2v) is 8.10. The Morgan fingerprint density at radius 2 is 1.82 bits per heavy atom. The van der Waals surface area contributed by atoms with Crippen LogP contribution in [0, 0.1) is 12.8 Å². The van der Waals surface area contributed by atoms with Crippen LogP contribution < -0.4 is 16.9 Å². The number of aliphatic carboxylic acids is 1. The topological polar surface area (TPSA) is 131 Å². The van der Waals surface area contributed by atoms with E-state index in [1.165, 1.54) is 12.4 Å². The lowest BCUT2D eigenvalue weighted by Crippen LogP contribution is -2.27. The van der Waals surface area contributed by atoms with Crippen molar-refractivity contribution in [2.24, 2.45) is 16.9 Å². The van der Waals surface area contributed by atoms with Crippen LogP contribution in [0.2, 0.25) is 10.0 Å². The molecule has 1 atom stereocenters. The molecule has 0 spiro atoms. The summed E-state index contributed by atoms with van der Waals surface area (Å²) < 4.78 is 0. The number of rotatable bonds is 8. The summed E-state index contributed by atoms with van der Waals surface area (Å²) in [5.74, 6) is 1.81. The van der Waals surface area contributed by atoms with Crippen molar-refractivity contribution in [1.82, 2.24) is 0 Å². The van der Waals surface area contributed by atoms with Crippen molar-refractivity contribution in [1.29, 1.82) is 0 Å². The molecule has 0 aliphatic carbocycles. The molecule has 0 heterocycles. The Hall–Kier alpha value is -3.55. The van der Waals surface area contributed by atoms with Gasteiger partial charge in [-0.2, -0.15) is 5.10 Å². The van der Waals surface area contributed by atoms with Gasteiger partial charge in [-0.15, -0.1) is 0 Å². The molecule has 0 radical (unpaired) electrons. The normalized spacial score (nSPS) is 12.0. The molecule has 0 aromatic heterocycles. The zero-order valence-electron chi connectivity index (χ0n) is 17.7. The average Bonchev–Trinajstić information content (AvgIpc) is 2.82. The number of Topliss-reactive ketones (excluding diaryl/α,β-unsaturated/α-hetero) is 1. The molecule has 3 rings (SSSR count). The summed E-state index contributed by atoms with van der Waals surface area (Å²) in [6.45, 7) is 1.74. The number of hydrogen-bond donors (Lipinski definition) is 4. The Morgan fingerprint density at radius 1 is 1.12 bits per heavy atom. The monoisotopic (exact) mass is 484 g/mol. The first-order chi connectivity index (χ1) is 15.8. The molecule has 170 valence electrons. The number of anilines is 2. The summed E-state index contributed by atoms with van der Waals surface area (Å²) in [7, 11) is 0. The Balaban J connectivity index is 2.10. The maximum absolute atomic E-state index is 13.2. The lowest BCUT2D eigenvalue weighted by molar-refractivity contribution is -0.139. The van der Waals surface area contributed by atoms with Crippen molar-refractivity contribution in [2.45, 2.75) is 13.3 Å². The van der Waals surface area contributed by atoms with Crippen LogP contribution in [-0.4, -0.2) is 23.2 Å². The molecule has 33 heavy (non-hydrogen) atoms. The Morgan fingerprint density at radius 3 is 2.45 bits per heavy atom. The van der Waals surface area contributed by atoms with Crippen molar-refractivity contribution in [2.75, 3.05) is 11.1 Å². The molecule has 0 saturated heterocycles. The van der Waals surface area contributed by atoms with Gasteiger partial charge in [0, 0.05) is 16.8 Å². The number of halogens is 2. The van der Waals surface area contributed by atoms with Crippen molar-refractivity contribution >= 4 is 52.7 Å². The fraction of sp³-hybridized carbons (Fsp3) is 0.125. The minimum atomic E-state index is -1.41. The number of nitrogen functional groups attached to an aromatic ring is 1. The SMILES string of the molecule is Cc1c(Cl)c(N)c(CC(C(=O)O)C(=O)c2cccc(NC=NN)c2)c(-c2ccccc2)c1Cl. The molecule has 6 N–H and O–H groups in total. The number of carboxylic acids is 1. The van der Waals surface area contributed by atoms with Crippen molar-refractivity contribution in [3.8, 4) is 11.1 Å². The number of carbonyl (C=O) groups is 2. The van der Waals surface area contributed by atoms with Gasteiger partial charge in [-0.1, -0.05) is 65.7 Å². The van der Waals surface area contributed by atoms with Gasteiger partial charge in [0.25, 0.3) is 0 Å². The number of nitrogens with two attached hydrogens (primary N) is 2. The fourth-order valence-electron chi connectivity index (χ4n) is 3.57. The minimum Gasteiger partial charge on any atom is -0.481 e. The third-order valence-corrected chi connectivity index (χ3v) is 6.24. The first kappa shape index (κ1) is 24.1. The highest BCUT2D eigenvalue weighted by molar-refractivity contribution is 6.39. The first-order valence-electron chi connectivity index (χ1n) is 9.92. The number of nitrogens with one attached hydrogen (secondary N) is 1. The molecule has 7 nitrogen and oxygen atoms in total. The highest BCUT2D eigenvalue weighted by Crippen LogP contribution is 2.43. The maximum atomic E-state index is 13.2. The van der Waals surface area contributed by atoms with E-state index in [1.54, 1.807) is 25.1 Å². The largest absolute Gasteiger partial charge is 0.481 e. The highest BCUT2D eigenvalue weighted by atomic mass is 35.5. The number of hydrazone groups is 1. The van der Waals surface area contributed by atoms with E-state index in [0.29, 0.717) is 27.4 Å². The predicted octanol–water partition coefficient (Wildman–Crippen LogP) is 4.99. The van der Waals surface area contributed by atoms with Gasteiger partial charge in [0.2, 0.25) is 0 Å². The van der Waals surface area contributed by atoms with E-state index in [4.69, 9.17) is 34.8 Å². The van der Waals surface area contributed by atoms with E-state index in [-0.39, 0.29) is 22.7 Å². The van der Waals surface area contributed by atoms with Crippen LogP contribution in [0.15, 0.2) is 59.7 Å². The second-order valence-electron chi connectivity index (χ2n) is 7.35. The summed E-state index contributed by atoms with van der Waals surface area (Å²) in [4.78, 5) is 25.4. The summed E-state index contributed by atoms with van der Waals surface area (Å²) in [5, 5.41) is 16.7. The van der Waals surface area contributed by atoms with Gasteiger partial charge >= 0.3 is 5.97 Å². The van der Waals surface area contributed by atoms with Gasteiger partial charge in [0.05, 0.1) is 15.7 Å². The van der Waals surface area contributed by atoms with Gasteiger partial charge in [0.15, 0.2) is 5.78 Å². The number of carboxylic acid groups (broad SMARTS) is 1. The molecule has 0 aliphatic heterocycles. The predicted molar refractivity (Wildman–Crippen MR) is 133 cm³/mol. The Labute approximate surface area is 201 Å². The number of ketones is 1. The van der Waals surface area contributed by atoms with Crippen LogP contribution in [0.3, 0.4) is 0 Å². The number of benzene rings is 3. The number of nitrogens with zero attached hydrogens (tertiary/aromatic N) is 1. The second kappa shape index (κ2) is 10.4. The number of hydrogen-bond acceptors (Lipinski definition) is 5. The van der Waals surface area contributed by atoms with Crippen molar-refractivity contribution < 1.29 is 14.7 Å². The maximum Gasteiger partial charge on any atom is 0.314 e. The molecular formula is C24H22Cl2N4O3. The lowest BCUT2D eigenvalue weighted by atomic mass is 9.86. The molecule has 3 aromatic rings. The summed E-state index contributed by atoms with van der Waals surface area (Å²) in [5.41, 5.74) is 9.56. The van der Waals surface area contributed by atoms with E-state index in [9.17, 15) is 14.7 Å². The minimum absolute atomic E-state index is 0.189. The van der Waals surface area contributed by atoms with E-state index in [0.717, 1.165) is 5.56 Å². The average molecular weight is 485 g/mol. The lowest BCUT2D eigenvalue weighted by Gasteiger charge is -2.21. The molecule has 0 bridgehead atoms. The van der Waals surface area contributed by atoms with Crippen molar-refractivity contribution in [3.05, 3.63) is 81.3 Å². The first-order valence-corrected chi connectivity index (χ1v) is 10.7. The van der Waals surface area contributed by atoms with Gasteiger partial charge in [-0.3, -0.25) is 9.59 Å². The fourth-order valence-corrected chi connectivity index (χ4v) is 4.15. The van der Waals surface area contributed by atoms with Gasteiger partial charge in [0.1, 0.15) is 12.3 Å². The molecule has 3 aromatic carbocycles. The molecule has 1 unspecified atom stereocenters. The van der Waals surface area contributed by atoms with Crippen LogP contribution in [-0.2, 0) is 11.2 Å². The van der Waals surface area contributed by atoms with Crippen LogP contribution in [0.4, 0.5) is 11.4 Å². The van der Waals surface area contributed by atoms with E-state index in [1.807, 2.05) is 30.3 Å². The molecule has 0 fully saturated rings. The summed E-state index contributed by atoms with van der Waals surface area (Å²) in [6.07, 6.45) is 1.06. The van der Waals surface area contributed by atoms with Gasteiger partial charge in [-0.05, 0) is 42.2 Å². The van der Waals surface area contributed by atoms with Gasteiger partial charge < -0.3 is 22.0 Å². The molecule has 9 heteroatoms. The summed E-state index contributed by atoms with van der Waals surface area (Å²) >= 11 is 13.0. The number of carbonyl (C=O) groups excluding carboxylic acids is 1. The van der Waals surface area contributed by atoms with E-state index >= 15 is 0 Å². The zero-order valence-corrected chi connectivity index (χ0v) is 19.2. The zero-order chi connectivity index (χ0) is 24.1. The molecule has 0 saturated carbocycles. The van der Waals surface area contributed by atoms with E-state index in [2.05, 4.69) is 10.4 Å². The quantitative estimate of drug-likeness (QED) is 0.0676. The standard InChI is InChI=1S/C24H22Cl2N4O3/c1-13-20(25)19(14-6-3-2-4-7-14)17(22(27)21(13)26)11-18(24(32)33)23(31)15-8-5-9-16(10-15)29-12-30-28/h2-10,12,18H,11,27-28H2,1H3,(H,29,30)(H,32,33). The van der Waals surface area contributed by atoms with Crippen LogP contribution >= 0.6 is 23.2 Å². The third-order valence-electron chi connectivity index (χ3n) is 5.28. The van der Waals surface area contributed by atoms with E-state index < -0.39 is 17.7 Å². The summed E-state index contributed by atoms with van der Waals surface area (Å²) in [6, 6.07) is 15.6. The Kier molecular flexibility index (Phi) is 7.58. The van der Waals surface area contributed by atoms with Crippen LogP contribution in [0.25, 0.3) is 11.1 Å². The highest BCUT2D eigenvalue weighted by Gasteiger charge is 2.31. The van der Waals surface area contributed by atoms with Crippen LogP contribution in [0.1, 0.15) is 21.5 Å². The van der Waals surface area contributed by atoms with Crippen LogP contribution in [0.5, 0.6) is 0 Å². The smallest absolute Gasteiger partial charge is 0.314 e.